The van der Waals surface area contributed by atoms with Crippen LogP contribution in [0.1, 0.15) is 38.2 Å². The Kier molecular flexibility index (Phi) is 4.97. The number of aliphatic carboxylic acids is 1. The highest BCUT2D eigenvalue weighted by Crippen LogP contribution is 2.29. The van der Waals surface area contributed by atoms with Gasteiger partial charge in [0.15, 0.2) is 0 Å². The number of benzene rings is 1. The Morgan fingerprint density at radius 2 is 1.95 bits per heavy atom. The maximum absolute atomic E-state index is 11.4. The summed E-state index contributed by atoms with van der Waals surface area (Å²) in [6.07, 6.45) is 4.04. The molecule has 0 aromatic heterocycles. The van der Waals surface area contributed by atoms with Gasteiger partial charge in [-0.3, -0.25) is 9.69 Å². The van der Waals surface area contributed by atoms with E-state index >= 15 is 0 Å². The van der Waals surface area contributed by atoms with Gasteiger partial charge in [0.1, 0.15) is 0 Å². The number of nitrogens with zero attached hydrogens (tertiary/aromatic N) is 1. The van der Waals surface area contributed by atoms with E-state index in [2.05, 4.69) is 24.0 Å². The molecule has 1 aromatic carbocycles. The molecule has 3 nitrogen and oxygen atoms in total. The van der Waals surface area contributed by atoms with Gasteiger partial charge in [-0.25, -0.2) is 0 Å². The Labute approximate surface area is 115 Å². The molecule has 0 amide bonds. The third kappa shape index (κ3) is 3.57. The first-order valence-corrected chi connectivity index (χ1v) is 7.23. The maximum atomic E-state index is 11.4. The summed E-state index contributed by atoms with van der Waals surface area (Å²) in [5.74, 6) is -0.825. The lowest BCUT2D eigenvalue weighted by Crippen LogP contribution is -2.45. The fraction of sp³-hybridized carbons (Fsp3) is 0.562. The molecule has 1 fully saturated rings. The predicted octanol–water partition coefficient (Wildman–Crippen LogP) is 3.15. The molecule has 19 heavy (non-hydrogen) atoms. The van der Waals surface area contributed by atoms with Crippen LogP contribution in [0.4, 0.5) is 0 Å². The first-order valence-electron chi connectivity index (χ1n) is 7.23. The van der Waals surface area contributed by atoms with Gasteiger partial charge in [-0.2, -0.15) is 0 Å². The summed E-state index contributed by atoms with van der Waals surface area (Å²) in [6.45, 7) is 3.88. The molecule has 0 heterocycles. The highest BCUT2D eigenvalue weighted by atomic mass is 16.4. The highest BCUT2D eigenvalue weighted by Gasteiger charge is 2.34. The van der Waals surface area contributed by atoms with Crippen LogP contribution in [0.25, 0.3) is 0 Å². The molecule has 0 aliphatic heterocycles. The van der Waals surface area contributed by atoms with E-state index in [1.165, 1.54) is 5.56 Å². The van der Waals surface area contributed by atoms with Gasteiger partial charge in [-0.05, 0) is 24.9 Å². The molecule has 1 aliphatic carbocycles. The van der Waals surface area contributed by atoms with Crippen LogP contribution in [0, 0.1) is 5.92 Å². The van der Waals surface area contributed by atoms with E-state index in [0.717, 1.165) is 38.8 Å². The molecule has 0 radical (unpaired) electrons. The molecule has 104 valence electrons. The standard InChI is InChI=1S/C16H23NO2/c1-2-17(12-13-8-4-3-5-9-13)15-11-7-6-10-14(15)16(18)19/h3-5,8-9,14-15H,2,6-7,10-12H2,1H3,(H,18,19). The van der Waals surface area contributed by atoms with Crippen molar-refractivity contribution in [3.05, 3.63) is 35.9 Å². The molecule has 0 spiro atoms. The van der Waals surface area contributed by atoms with Crippen molar-refractivity contribution in [2.45, 2.75) is 45.2 Å². The van der Waals surface area contributed by atoms with Crippen molar-refractivity contribution in [2.75, 3.05) is 6.54 Å². The molecule has 1 aliphatic rings. The van der Waals surface area contributed by atoms with Crippen molar-refractivity contribution in [1.29, 1.82) is 0 Å². The van der Waals surface area contributed by atoms with Crippen LogP contribution >= 0.6 is 0 Å². The van der Waals surface area contributed by atoms with Crippen LogP contribution in [-0.2, 0) is 11.3 Å². The summed E-state index contributed by atoms with van der Waals surface area (Å²) in [5.41, 5.74) is 1.26. The second kappa shape index (κ2) is 6.71. The van der Waals surface area contributed by atoms with Gasteiger partial charge in [0.05, 0.1) is 5.92 Å². The largest absolute Gasteiger partial charge is 0.481 e. The summed E-state index contributed by atoms with van der Waals surface area (Å²) in [6, 6.07) is 10.5. The summed E-state index contributed by atoms with van der Waals surface area (Å²) >= 11 is 0. The number of rotatable bonds is 5. The predicted molar refractivity (Wildman–Crippen MR) is 75.9 cm³/mol. The Morgan fingerprint density at radius 1 is 1.26 bits per heavy atom. The topological polar surface area (TPSA) is 40.5 Å². The first kappa shape index (κ1) is 14.1. The van der Waals surface area contributed by atoms with Gasteiger partial charge in [0.25, 0.3) is 0 Å². The second-order valence-corrected chi connectivity index (χ2v) is 5.35. The molecule has 1 N–H and O–H groups in total. The Balaban J connectivity index is 2.09. The van der Waals surface area contributed by atoms with E-state index in [1.54, 1.807) is 0 Å². The molecular weight excluding hydrogens is 238 g/mol. The molecule has 1 aromatic rings. The van der Waals surface area contributed by atoms with Crippen LogP contribution in [0.15, 0.2) is 30.3 Å². The third-order valence-electron chi connectivity index (χ3n) is 4.15. The lowest BCUT2D eigenvalue weighted by Gasteiger charge is -2.37. The molecule has 0 bridgehead atoms. The molecule has 2 atom stereocenters. The zero-order valence-corrected chi connectivity index (χ0v) is 11.6. The van der Waals surface area contributed by atoms with E-state index in [9.17, 15) is 9.90 Å². The van der Waals surface area contributed by atoms with Crippen molar-refractivity contribution >= 4 is 5.97 Å². The average Bonchev–Trinajstić information content (AvgIpc) is 2.46. The number of carboxylic acid groups (broad SMARTS) is 1. The van der Waals surface area contributed by atoms with Crippen molar-refractivity contribution in [3.8, 4) is 0 Å². The fourth-order valence-corrected chi connectivity index (χ4v) is 3.12. The van der Waals surface area contributed by atoms with Crippen LogP contribution in [0.3, 0.4) is 0 Å². The molecular formula is C16H23NO2. The molecule has 0 saturated heterocycles. The minimum absolute atomic E-state index is 0.191. The smallest absolute Gasteiger partial charge is 0.308 e. The van der Waals surface area contributed by atoms with Crippen LogP contribution in [0.2, 0.25) is 0 Å². The van der Waals surface area contributed by atoms with Crippen molar-refractivity contribution in [1.82, 2.24) is 4.90 Å². The lowest BCUT2D eigenvalue weighted by molar-refractivity contribution is -0.145. The van der Waals surface area contributed by atoms with E-state index < -0.39 is 5.97 Å². The normalized spacial score (nSPS) is 23.5. The van der Waals surface area contributed by atoms with Gasteiger partial charge >= 0.3 is 5.97 Å². The minimum atomic E-state index is -0.629. The number of hydrogen-bond acceptors (Lipinski definition) is 2. The molecule has 2 unspecified atom stereocenters. The first-order chi connectivity index (χ1) is 9.22. The lowest BCUT2D eigenvalue weighted by atomic mass is 9.83. The third-order valence-corrected chi connectivity index (χ3v) is 4.15. The number of hydrogen-bond donors (Lipinski definition) is 1. The van der Waals surface area contributed by atoms with Gasteiger partial charge in [-0.15, -0.1) is 0 Å². The quantitative estimate of drug-likeness (QED) is 0.885. The van der Waals surface area contributed by atoms with Gasteiger partial charge in [0.2, 0.25) is 0 Å². The maximum Gasteiger partial charge on any atom is 0.308 e. The molecule has 2 rings (SSSR count). The van der Waals surface area contributed by atoms with Gasteiger partial charge in [0, 0.05) is 12.6 Å². The monoisotopic (exact) mass is 261 g/mol. The number of carbonyl (C=O) groups is 1. The Hall–Kier alpha value is -1.35. The van der Waals surface area contributed by atoms with Crippen LogP contribution < -0.4 is 0 Å². The van der Waals surface area contributed by atoms with Crippen molar-refractivity contribution in [2.24, 2.45) is 5.92 Å². The fourth-order valence-electron chi connectivity index (χ4n) is 3.12. The summed E-state index contributed by atoms with van der Waals surface area (Å²) in [5, 5.41) is 9.39. The zero-order valence-electron chi connectivity index (χ0n) is 11.6. The SMILES string of the molecule is CCN(Cc1ccccc1)C1CCCCC1C(=O)O. The Morgan fingerprint density at radius 3 is 2.58 bits per heavy atom. The summed E-state index contributed by atoms with van der Waals surface area (Å²) < 4.78 is 0. The highest BCUT2D eigenvalue weighted by molar-refractivity contribution is 5.71. The second-order valence-electron chi connectivity index (χ2n) is 5.35. The minimum Gasteiger partial charge on any atom is -0.481 e. The van der Waals surface area contributed by atoms with Crippen LogP contribution in [-0.4, -0.2) is 28.6 Å². The molecule has 3 heteroatoms. The van der Waals surface area contributed by atoms with Crippen molar-refractivity contribution in [3.63, 3.8) is 0 Å². The van der Waals surface area contributed by atoms with E-state index in [4.69, 9.17) is 0 Å². The Bertz CT molecular complexity index is 404. The summed E-state index contributed by atoms with van der Waals surface area (Å²) in [4.78, 5) is 13.7. The van der Waals surface area contributed by atoms with Crippen LogP contribution in [0.5, 0.6) is 0 Å². The summed E-state index contributed by atoms with van der Waals surface area (Å²) in [7, 11) is 0. The van der Waals surface area contributed by atoms with Crippen molar-refractivity contribution < 1.29 is 9.90 Å². The molecule has 1 saturated carbocycles. The average molecular weight is 261 g/mol. The number of carboxylic acids is 1. The van der Waals surface area contributed by atoms with Gasteiger partial charge < -0.3 is 5.11 Å². The van der Waals surface area contributed by atoms with E-state index in [-0.39, 0.29) is 12.0 Å². The van der Waals surface area contributed by atoms with E-state index in [0.29, 0.717) is 0 Å². The zero-order chi connectivity index (χ0) is 13.7. The van der Waals surface area contributed by atoms with E-state index in [1.807, 2.05) is 18.2 Å². The van der Waals surface area contributed by atoms with Gasteiger partial charge in [-0.1, -0.05) is 50.1 Å².